The van der Waals surface area contributed by atoms with E-state index in [-0.39, 0.29) is 62.7 Å². The van der Waals surface area contributed by atoms with Gasteiger partial charge in [0.1, 0.15) is 65.0 Å². The molecule has 3 aliphatic heterocycles. The number of nitrogens with one attached hydrogen (secondary N) is 3. The number of carbonyl (C=O) groups is 12. The van der Waals surface area contributed by atoms with E-state index in [1.54, 1.807) is 18.7 Å². The number of halogens is 5. The molecular formula is C73H111F5N12O13. The van der Waals surface area contributed by atoms with E-state index in [0.29, 0.717) is 76.6 Å². The van der Waals surface area contributed by atoms with Crippen LogP contribution < -0.4 is 16.0 Å². The zero-order chi connectivity index (χ0) is 76.1. The maximum absolute atomic E-state index is 15.7. The highest BCUT2D eigenvalue weighted by Gasteiger charge is 2.54. The second-order valence-electron chi connectivity index (χ2n) is 30.2. The monoisotopic (exact) mass is 1460 g/mol. The Morgan fingerprint density at radius 1 is 0.641 bits per heavy atom. The van der Waals surface area contributed by atoms with Crippen molar-refractivity contribution in [2.75, 3.05) is 95.2 Å². The highest BCUT2D eigenvalue weighted by atomic mass is 19.4. The van der Waals surface area contributed by atoms with Gasteiger partial charge < -0.3 is 64.8 Å². The molecule has 3 aliphatic carbocycles. The van der Waals surface area contributed by atoms with E-state index in [2.05, 4.69) is 16.0 Å². The van der Waals surface area contributed by atoms with E-state index in [9.17, 15) is 46.7 Å². The maximum atomic E-state index is 15.7. The average Bonchev–Trinajstić information content (AvgIpc) is 1.33. The van der Waals surface area contributed by atoms with Gasteiger partial charge in [0.05, 0.1) is 32.2 Å². The minimum absolute atomic E-state index is 0.0379. The summed E-state index contributed by atoms with van der Waals surface area (Å²) in [5.41, 5.74) is -4.11. The maximum Gasteiger partial charge on any atom is 0.422 e. The van der Waals surface area contributed by atoms with Crippen LogP contribution in [0.25, 0.3) is 0 Å². The van der Waals surface area contributed by atoms with Gasteiger partial charge in [0, 0.05) is 82.0 Å². The minimum atomic E-state index is -5.40. The Balaban J connectivity index is 1.31. The largest absolute Gasteiger partial charge is 0.422 e. The van der Waals surface area contributed by atoms with Crippen LogP contribution in [0, 0.1) is 35.3 Å². The van der Waals surface area contributed by atoms with Crippen LogP contribution in [-0.2, 0) is 74.9 Å². The van der Waals surface area contributed by atoms with Gasteiger partial charge in [-0.3, -0.25) is 57.5 Å². The van der Waals surface area contributed by atoms with Crippen LogP contribution in [0.3, 0.4) is 0 Å². The molecule has 3 saturated carbocycles. The number of rotatable bonds is 13. The molecule has 3 saturated heterocycles. The second-order valence-corrected chi connectivity index (χ2v) is 30.2. The third-order valence-corrected chi connectivity index (χ3v) is 22.3. The Hall–Kier alpha value is -7.53. The standard InChI is InChI=1S/C73H111F5N12O13/c1-13-45(5)62-69(100)84(8)42-59(93)82(6)43-60(94)86(10)55(37-46-24-17-15-18-25-46)67(98)83(7)41-57(91)79-52(29-28-47-35-50(74)61(51(75)36-47)73(76,77)78)66(97)90-40-49(103-14-2)38-54(90)65(96)81-72(30-23-31-72)71(102)88(12)63(48-26-19-16-20-27-48)70(101)87(11)56(68(99)89-32-21-22-33-89)39-58(92)85(9)53(34-44(3)4)64(95)80-62/h35-36,44-46,48-49,52-56,62-63H,13-34,37-43H2,1-12H3,(H,79,91)(H,80,95)(H,81,96)/t45-,49+,52-,53-,54-,55-,56-,62-,63-/m0/s1. The lowest BCUT2D eigenvalue weighted by Crippen LogP contribution is -2.68. The zero-order valence-corrected chi connectivity index (χ0v) is 62.3. The number of benzene rings is 1. The predicted molar refractivity (Wildman–Crippen MR) is 370 cm³/mol. The molecule has 0 unspecified atom stereocenters. The van der Waals surface area contributed by atoms with Crippen molar-refractivity contribution in [2.24, 2.45) is 23.7 Å². The summed E-state index contributed by atoms with van der Waals surface area (Å²) in [6.07, 6.45) is 2.06. The molecule has 576 valence electrons. The van der Waals surface area contributed by atoms with Crippen molar-refractivity contribution in [3.05, 3.63) is 34.9 Å². The normalized spacial score (nSPS) is 27.0. The fraction of sp³-hybridized carbons (Fsp3) is 0.753. The number of nitrogens with zero attached hydrogens (tertiary/aromatic N) is 9. The second kappa shape index (κ2) is 36.5. The van der Waals surface area contributed by atoms with Crippen LogP contribution in [0.2, 0.25) is 0 Å². The number of fused-ring (bicyclic) bond motifs is 1. The number of likely N-dealkylation sites (N-methyl/N-ethyl adjacent to an activating group) is 7. The first-order valence-corrected chi connectivity index (χ1v) is 37.0. The van der Waals surface area contributed by atoms with E-state index in [1.807, 2.05) is 20.8 Å². The Kier molecular flexibility index (Phi) is 29.3. The molecule has 3 N–H and O–H groups in total. The van der Waals surface area contributed by atoms with Gasteiger partial charge in [-0.15, -0.1) is 0 Å². The van der Waals surface area contributed by atoms with Gasteiger partial charge in [-0.2, -0.15) is 13.2 Å². The van der Waals surface area contributed by atoms with Crippen LogP contribution in [-0.4, -0.2) is 264 Å². The van der Waals surface area contributed by atoms with Gasteiger partial charge >= 0.3 is 6.18 Å². The van der Waals surface area contributed by atoms with E-state index in [4.69, 9.17) is 4.74 Å². The predicted octanol–water partition coefficient (Wildman–Crippen LogP) is 5.28. The molecule has 3 heterocycles. The molecule has 103 heavy (non-hydrogen) atoms. The molecule has 6 aliphatic rings. The first-order valence-electron chi connectivity index (χ1n) is 37.0. The molecule has 9 atom stereocenters. The van der Waals surface area contributed by atoms with Gasteiger partial charge in [-0.1, -0.05) is 85.5 Å². The summed E-state index contributed by atoms with van der Waals surface area (Å²) in [6, 6.07) is -8.49. The highest BCUT2D eigenvalue weighted by molar-refractivity contribution is 6.01. The summed E-state index contributed by atoms with van der Waals surface area (Å²) in [5.74, 6) is -13.7. The molecule has 6 fully saturated rings. The summed E-state index contributed by atoms with van der Waals surface area (Å²) in [7, 11) is 9.71. The van der Waals surface area contributed by atoms with Gasteiger partial charge in [-0.25, -0.2) is 8.78 Å². The molecule has 0 radical (unpaired) electrons. The molecule has 12 amide bonds. The average molecular weight is 1460 g/mol. The number of alkyl halides is 3. The van der Waals surface area contributed by atoms with Crippen molar-refractivity contribution in [2.45, 2.75) is 236 Å². The van der Waals surface area contributed by atoms with Crippen LogP contribution in [0.4, 0.5) is 22.0 Å². The third kappa shape index (κ3) is 20.5. The lowest BCUT2D eigenvalue weighted by atomic mass is 9.74. The van der Waals surface area contributed by atoms with Crippen molar-refractivity contribution in [3.8, 4) is 0 Å². The van der Waals surface area contributed by atoms with Crippen molar-refractivity contribution >= 4 is 70.9 Å². The Morgan fingerprint density at radius 3 is 1.79 bits per heavy atom. The molecule has 25 nitrogen and oxygen atoms in total. The van der Waals surface area contributed by atoms with Crippen molar-refractivity contribution in [3.63, 3.8) is 0 Å². The van der Waals surface area contributed by atoms with Gasteiger partial charge in [0.25, 0.3) is 0 Å². The third-order valence-electron chi connectivity index (χ3n) is 22.3. The Labute approximate surface area is 602 Å². The van der Waals surface area contributed by atoms with Gasteiger partial charge in [-0.05, 0) is 119 Å². The lowest BCUT2D eigenvalue weighted by molar-refractivity contribution is -0.158. The zero-order valence-electron chi connectivity index (χ0n) is 62.3. The van der Waals surface area contributed by atoms with Crippen LogP contribution >= 0.6 is 0 Å². The summed E-state index contributed by atoms with van der Waals surface area (Å²) < 4.78 is 77.7. The number of likely N-dealkylation sites (tertiary alicyclic amines) is 1. The number of ether oxygens (including phenoxy) is 1. The first-order chi connectivity index (χ1) is 48.5. The van der Waals surface area contributed by atoms with Crippen molar-refractivity contribution in [1.29, 1.82) is 0 Å². The quantitative estimate of drug-likeness (QED) is 0.212. The Bertz CT molecular complexity index is 3210. The summed E-state index contributed by atoms with van der Waals surface area (Å²) in [5, 5.41) is 8.48. The van der Waals surface area contributed by atoms with E-state index >= 15 is 32.8 Å². The number of hydrogen-bond donors (Lipinski definition) is 3. The van der Waals surface area contributed by atoms with E-state index in [1.165, 1.54) is 68.9 Å². The topological polar surface area (TPSA) is 279 Å². The molecule has 0 bridgehead atoms. The highest BCUT2D eigenvalue weighted by Crippen LogP contribution is 2.39. The molecule has 1 spiro atoms. The van der Waals surface area contributed by atoms with E-state index in [0.717, 1.165) is 58.1 Å². The van der Waals surface area contributed by atoms with Gasteiger partial charge in [0.15, 0.2) is 0 Å². The first kappa shape index (κ1) is 82.8. The number of aryl methyl sites for hydroxylation is 1. The Morgan fingerprint density at radius 2 is 1.22 bits per heavy atom. The molecule has 1 aromatic rings. The fourth-order valence-corrected chi connectivity index (χ4v) is 15.7. The summed E-state index contributed by atoms with van der Waals surface area (Å²) >= 11 is 0. The van der Waals surface area contributed by atoms with Crippen molar-refractivity contribution in [1.82, 2.24) is 60.0 Å². The van der Waals surface area contributed by atoms with Crippen LogP contribution in [0.5, 0.6) is 0 Å². The van der Waals surface area contributed by atoms with Crippen LogP contribution in [0.1, 0.15) is 181 Å². The molecule has 7 rings (SSSR count). The smallest absolute Gasteiger partial charge is 0.377 e. The molecule has 1 aromatic carbocycles. The number of amides is 12. The number of hydrogen-bond acceptors (Lipinski definition) is 13. The SMILES string of the molecule is CCO[C@@H]1C[C@H]2C(=O)NC3(CCC3)C(=O)N(C)[C@@H](C3CCCCC3)C(=O)N(C)[C@H](C(=O)N3CCCC3)CC(=O)N(C)[C@@H](CC(C)C)C(=O)N[C@@H]([C@@H](C)CC)C(=O)N(C)CC(=O)N(C)CC(=O)N(C)[C@@H](CC3CCCCC3)C(=O)N(C)CC(=O)N[C@@H](CCc3cc(F)c(C(F)(F)F)c(F)c3)C(=O)N2C1. The minimum Gasteiger partial charge on any atom is -0.377 e. The fourth-order valence-electron chi connectivity index (χ4n) is 15.7. The number of carbonyl (C=O) groups excluding carboxylic acids is 12. The van der Waals surface area contributed by atoms with Crippen LogP contribution in [0.15, 0.2) is 12.1 Å². The lowest BCUT2D eigenvalue weighted by Gasteiger charge is -2.47. The molecule has 30 heteroatoms. The summed E-state index contributed by atoms with van der Waals surface area (Å²) in [6.45, 7) is 7.62. The van der Waals surface area contributed by atoms with Crippen molar-refractivity contribution < 1.29 is 84.2 Å². The van der Waals surface area contributed by atoms with E-state index < -0.39 is 199 Å². The van der Waals surface area contributed by atoms with Gasteiger partial charge in [0.2, 0.25) is 70.9 Å². The molecule has 0 aromatic heterocycles. The summed E-state index contributed by atoms with van der Waals surface area (Å²) in [4.78, 5) is 190. The molecular weight excluding hydrogens is 1350 g/mol.